The molecular formula is C9H16N4O6S. The number of carboxylic acid groups (broad SMARTS) is 2. The number of amides is 3. The average Bonchev–Trinajstić information content (AvgIpc) is 2.38. The van der Waals surface area contributed by atoms with Crippen LogP contribution in [0.25, 0.3) is 0 Å². The maximum absolute atomic E-state index is 11.5. The zero-order valence-electron chi connectivity index (χ0n) is 10.3. The second-order valence-corrected chi connectivity index (χ2v) is 4.01. The lowest BCUT2D eigenvalue weighted by Crippen LogP contribution is -2.53. The molecule has 0 aliphatic heterocycles. The molecule has 0 radical (unpaired) electrons. The molecule has 10 nitrogen and oxygen atoms in total. The number of aliphatic carboxylic acids is 2. The maximum atomic E-state index is 11.5. The Morgan fingerprint density at radius 3 is 2.20 bits per heavy atom. The van der Waals surface area contributed by atoms with Crippen molar-refractivity contribution < 1.29 is 29.4 Å². The number of nitrogens with two attached hydrogens (primary N) is 1. The minimum Gasteiger partial charge on any atom is -0.480 e. The highest BCUT2D eigenvalue weighted by atomic mass is 32.1. The first-order chi connectivity index (χ1) is 9.27. The number of carboxylic acids is 2. The Bertz CT molecular complexity index is 391. The summed E-state index contributed by atoms with van der Waals surface area (Å²) in [7, 11) is 0. The molecule has 3 amide bonds. The fourth-order valence-corrected chi connectivity index (χ4v) is 1.24. The molecular weight excluding hydrogens is 292 g/mol. The van der Waals surface area contributed by atoms with Gasteiger partial charge in [-0.25, -0.2) is 4.79 Å². The molecule has 2 atom stereocenters. The van der Waals surface area contributed by atoms with Crippen LogP contribution in [0.15, 0.2) is 0 Å². The van der Waals surface area contributed by atoms with Crippen molar-refractivity contribution in [1.29, 1.82) is 0 Å². The first kappa shape index (κ1) is 18.0. The van der Waals surface area contributed by atoms with Crippen molar-refractivity contribution in [3.05, 3.63) is 0 Å². The standard InChI is InChI=1S/C9H16N4O6S/c10-4(8(17)18)1-12-9(19)13-5(3-20)7(16)11-2-6(14)15/h4-5,20H,1-3,10H2,(H,11,16)(H,14,15)(H,17,18)(H2,12,13,19)/t4-,5-/m1/s1. The van der Waals surface area contributed by atoms with Crippen LogP contribution in [-0.2, 0) is 14.4 Å². The minimum atomic E-state index is -1.28. The van der Waals surface area contributed by atoms with Crippen molar-refractivity contribution in [3.8, 4) is 0 Å². The van der Waals surface area contributed by atoms with Gasteiger partial charge in [0.15, 0.2) is 0 Å². The van der Waals surface area contributed by atoms with Crippen LogP contribution in [0.1, 0.15) is 0 Å². The van der Waals surface area contributed by atoms with E-state index in [1.165, 1.54) is 0 Å². The predicted molar refractivity (Wildman–Crippen MR) is 70.4 cm³/mol. The number of hydrogen-bond donors (Lipinski definition) is 7. The SMILES string of the molecule is N[C@H](CNC(=O)N[C@H](CS)C(=O)NCC(=O)O)C(=O)O. The van der Waals surface area contributed by atoms with Gasteiger partial charge < -0.3 is 31.9 Å². The summed E-state index contributed by atoms with van der Waals surface area (Å²) in [4.78, 5) is 43.6. The van der Waals surface area contributed by atoms with E-state index in [-0.39, 0.29) is 12.3 Å². The normalized spacial score (nSPS) is 12.9. The summed E-state index contributed by atoms with van der Waals surface area (Å²) < 4.78 is 0. The largest absolute Gasteiger partial charge is 0.480 e. The summed E-state index contributed by atoms with van der Waals surface area (Å²) in [6.45, 7) is -0.909. The van der Waals surface area contributed by atoms with Crippen LogP contribution in [0, 0.1) is 0 Å². The summed E-state index contributed by atoms with van der Waals surface area (Å²) in [5, 5.41) is 23.3. The second kappa shape index (κ2) is 8.98. The average molecular weight is 308 g/mol. The van der Waals surface area contributed by atoms with Crippen LogP contribution in [-0.4, -0.2) is 65.0 Å². The molecule has 0 fully saturated rings. The molecule has 0 spiro atoms. The summed E-state index contributed by atoms with van der Waals surface area (Å²) in [5.41, 5.74) is 5.17. The van der Waals surface area contributed by atoms with Gasteiger partial charge in [0.2, 0.25) is 5.91 Å². The van der Waals surface area contributed by atoms with Gasteiger partial charge in [-0.1, -0.05) is 0 Å². The van der Waals surface area contributed by atoms with Gasteiger partial charge in [-0.15, -0.1) is 0 Å². The van der Waals surface area contributed by atoms with Crippen molar-refractivity contribution in [1.82, 2.24) is 16.0 Å². The lowest BCUT2D eigenvalue weighted by Gasteiger charge is -2.16. The molecule has 0 saturated carbocycles. The van der Waals surface area contributed by atoms with Gasteiger partial charge in [0.1, 0.15) is 18.6 Å². The number of urea groups is 1. The van der Waals surface area contributed by atoms with Crippen LogP contribution in [0.4, 0.5) is 4.79 Å². The van der Waals surface area contributed by atoms with Gasteiger partial charge in [-0.2, -0.15) is 12.6 Å². The molecule has 20 heavy (non-hydrogen) atoms. The quantitative estimate of drug-likeness (QED) is 0.237. The Morgan fingerprint density at radius 1 is 1.15 bits per heavy atom. The molecule has 0 bridgehead atoms. The molecule has 114 valence electrons. The fraction of sp³-hybridized carbons (Fsp3) is 0.556. The summed E-state index contributed by atoms with van der Waals surface area (Å²) >= 11 is 3.85. The van der Waals surface area contributed by atoms with E-state index in [9.17, 15) is 19.2 Å². The highest BCUT2D eigenvalue weighted by Crippen LogP contribution is 1.89. The van der Waals surface area contributed by atoms with E-state index < -0.39 is 42.5 Å². The lowest BCUT2D eigenvalue weighted by atomic mass is 10.3. The van der Waals surface area contributed by atoms with Crippen LogP contribution in [0.3, 0.4) is 0 Å². The molecule has 0 rings (SSSR count). The molecule has 0 aromatic rings. The van der Waals surface area contributed by atoms with E-state index in [4.69, 9.17) is 15.9 Å². The molecule has 7 N–H and O–H groups in total. The molecule has 0 saturated heterocycles. The number of carbonyl (C=O) groups is 4. The van der Waals surface area contributed by atoms with Crippen molar-refractivity contribution in [2.45, 2.75) is 12.1 Å². The molecule has 0 unspecified atom stereocenters. The van der Waals surface area contributed by atoms with Crippen LogP contribution >= 0.6 is 12.6 Å². The summed E-state index contributed by atoms with van der Waals surface area (Å²) in [6.07, 6.45) is 0. The highest BCUT2D eigenvalue weighted by molar-refractivity contribution is 7.80. The van der Waals surface area contributed by atoms with E-state index in [0.717, 1.165) is 0 Å². The van der Waals surface area contributed by atoms with E-state index in [0.29, 0.717) is 0 Å². The van der Waals surface area contributed by atoms with E-state index in [1.807, 2.05) is 0 Å². The van der Waals surface area contributed by atoms with Gasteiger partial charge >= 0.3 is 18.0 Å². The Balaban J connectivity index is 4.21. The molecule has 0 aromatic carbocycles. The number of thiol groups is 1. The fourth-order valence-electron chi connectivity index (χ4n) is 0.979. The predicted octanol–water partition coefficient (Wildman–Crippen LogP) is -2.80. The third-order valence-electron chi connectivity index (χ3n) is 2.02. The number of hydrogen-bond acceptors (Lipinski definition) is 6. The first-order valence-corrected chi connectivity index (χ1v) is 6.04. The molecule has 11 heteroatoms. The van der Waals surface area contributed by atoms with Gasteiger partial charge in [0.25, 0.3) is 0 Å². The molecule has 0 aliphatic carbocycles. The molecule has 0 heterocycles. The van der Waals surface area contributed by atoms with Crippen molar-refractivity contribution >= 4 is 36.5 Å². The Hall–Kier alpha value is -2.01. The van der Waals surface area contributed by atoms with Crippen molar-refractivity contribution in [2.24, 2.45) is 5.73 Å². The summed E-state index contributed by atoms with van der Waals surface area (Å²) in [5.74, 6) is -3.30. The van der Waals surface area contributed by atoms with E-state index in [2.05, 4.69) is 28.6 Å². The third kappa shape index (κ3) is 7.43. The van der Waals surface area contributed by atoms with Crippen LogP contribution < -0.4 is 21.7 Å². The number of rotatable bonds is 8. The third-order valence-corrected chi connectivity index (χ3v) is 2.38. The van der Waals surface area contributed by atoms with Gasteiger partial charge in [-0.3, -0.25) is 14.4 Å². The smallest absolute Gasteiger partial charge is 0.322 e. The topological polar surface area (TPSA) is 171 Å². The van der Waals surface area contributed by atoms with Gasteiger partial charge in [-0.05, 0) is 0 Å². The first-order valence-electron chi connectivity index (χ1n) is 5.41. The minimum absolute atomic E-state index is 0.0656. The Morgan fingerprint density at radius 2 is 1.75 bits per heavy atom. The van der Waals surface area contributed by atoms with Gasteiger partial charge in [0, 0.05) is 12.3 Å². The Kier molecular flexibility index (Phi) is 8.08. The van der Waals surface area contributed by atoms with Crippen LogP contribution in [0.5, 0.6) is 0 Å². The molecule has 0 aliphatic rings. The lowest BCUT2D eigenvalue weighted by molar-refractivity contribution is -0.138. The van der Waals surface area contributed by atoms with Crippen LogP contribution in [0.2, 0.25) is 0 Å². The monoisotopic (exact) mass is 308 g/mol. The highest BCUT2D eigenvalue weighted by Gasteiger charge is 2.20. The zero-order valence-corrected chi connectivity index (χ0v) is 11.2. The Labute approximate surface area is 119 Å². The summed E-state index contributed by atoms with van der Waals surface area (Å²) in [6, 6.07) is -3.14. The molecule has 0 aromatic heterocycles. The number of nitrogens with one attached hydrogen (secondary N) is 3. The number of carbonyl (C=O) groups excluding carboxylic acids is 2. The van der Waals surface area contributed by atoms with Crippen molar-refractivity contribution in [3.63, 3.8) is 0 Å². The van der Waals surface area contributed by atoms with E-state index in [1.54, 1.807) is 0 Å². The maximum Gasteiger partial charge on any atom is 0.322 e. The second-order valence-electron chi connectivity index (χ2n) is 3.65. The van der Waals surface area contributed by atoms with Crippen molar-refractivity contribution in [2.75, 3.05) is 18.8 Å². The van der Waals surface area contributed by atoms with Gasteiger partial charge in [0.05, 0.1) is 0 Å². The zero-order chi connectivity index (χ0) is 15.7. The van der Waals surface area contributed by atoms with E-state index >= 15 is 0 Å².